The molecule has 1 heterocycles. The molecule has 2 heteroatoms. The van der Waals surface area contributed by atoms with E-state index in [2.05, 4.69) is 61.2 Å². The number of benzene rings is 1. The van der Waals surface area contributed by atoms with E-state index in [4.69, 9.17) is 0 Å². The van der Waals surface area contributed by atoms with Gasteiger partial charge in [0.05, 0.1) is 0 Å². The fourth-order valence-corrected chi connectivity index (χ4v) is 2.83. The van der Waals surface area contributed by atoms with E-state index in [0.29, 0.717) is 6.04 Å². The molecule has 1 aromatic carbocycles. The van der Waals surface area contributed by atoms with Crippen LogP contribution in [0.2, 0.25) is 0 Å². The number of unbranched alkanes of at least 4 members (excludes halogenated alkanes) is 3. The average Bonchev–Trinajstić information content (AvgIpc) is 2.79. The lowest BCUT2D eigenvalue weighted by Gasteiger charge is -2.13. The van der Waals surface area contributed by atoms with Gasteiger partial charge in [-0.15, -0.1) is 0 Å². The molecule has 2 nitrogen and oxygen atoms in total. The summed E-state index contributed by atoms with van der Waals surface area (Å²) < 4.78 is 2.22. The Labute approximate surface area is 123 Å². The van der Waals surface area contributed by atoms with Crippen molar-refractivity contribution in [2.45, 2.75) is 58.5 Å². The van der Waals surface area contributed by atoms with Crippen LogP contribution in [0.1, 0.15) is 51.5 Å². The molecular weight excluding hydrogens is 244 g/mol. The van der Waals surface area contributed by atoms with E-state index in [9.17, 15) is 0 Å². The van der Waals surface area contributed by atoms with Gasteiger partial charge in [0, 0.05) is 36.7 Å². The van der Waals surface area contributed by atoms with Crippen molar-refractivity contribution in [1.82, 2.24) is 9.88 Å². The zero-order chi connectivity index (χ0) is 14.4. The lowest BCUT2D eigenvalue weighted by molar-refractivity contribution is 0.483. The van der Waals surface area contributed by atoms with Gasteiger partial charge in [-0.1, -0.05) is 50.8 Å². The molecule has 1 atom stereocenters. The summed E-state index contributed by atoms with van der Waals surface area (Å²) in [6.45, 7) is 5.54. The lowest BCUT2D eigenvalue weighted by atomic mass is 10.1. The maximum Gasteiger partial charge on any atom is 0.0481 e. The van der Waals surface area contributed by atoms with Gasteiger partial charge in [0.15, 0.2) is 0 Å². The van der Waals surface area contributed by atoms with Gasteiger partial charge in [0.25, 0.3) is 0 Å². The Balaban J connectivity index is 1.86. The number of nitrogens with zero attached hydrogens (tertiary/aromatic N) is 1. The second-order valence-corrected chi connectivity index (χ2v) is 5.91. The van der Waals surface area contributed by atoms with Crippen LogP contribution in [0.25, 0.3) is 10.9 Å². The Morgan fingerprint density at radius 3 is 2.75 bits per heavy atom. The van der Waals surface area contributed by atoms with Crippen LogP contribution in [0.4, 0.5) is 0 Å². The van der Waals surface area contributed by atoms with Crippen molar-refractivity contribution in [1.29, 1.82) is 0 Å². The molecule has 0 amide bonds. The van der Waals surface area contributed by atoms with Crippen LogP contribution >= 0.6 is 0 Å². The molecule has 1 unspecified atom stereocenters. The summed E-state index contributed by atoms with van der Waals surface area (Å²) in [5.41, 5.74) is 2.73. The van der Waals surface area contributed by atoms with Crippen LogP contribution in [0.15, 0.2) is 30.5 Å². The van der Waals surface area contributed by atoms with Crippen molar-refractivity contribution < 1.29 is 0 Å². The van der Waals surface area contributed by atoms with Gasteiger partial charge >= 0.3 is 0 Å². The summed E-state index contributed by atoms with van der Waals surface area (Å²) in [4.78, 5) is 0. The maximum atomic E-state index is 3.67. The first kappa shape index (κ1) is 15.1. The molecule has 0 fully saturated rings. The lowest BCUT2D eigenvalue weighted by Crippen LogP contribution is -2.25. The standard InChI is InChI=1S/C18H28N2/c1-4-5-6-7-10-15(2)19-13-16-14-20(3)18-12-9-8-11-17(16)18/h8-9,11-12,14-15,19H,4-7,10,13H2,1-3H3. The molecule has 0 saturated heterocycles. The molecule has 0 aliphatic carbocycles. The van der Waals surface area contributed by atoms with E-state index in [0.717, 1.165) is 6.54 Å². The van der Waals surface area contributed by atoms with Gasteiger partial charge in [-0.2, -0.15) is 0 Å². The first-order valence-electron chi connectivity index (χ1n) is 7.98. The highest BCUT2D eigenvalue weighted by molar-refractivity contribution is 5.83. The molecular formula is C18H28N2. The molecule has 110 valence electrons. The van der Waals surface area contributed by atoms with Gasteiger partial charge in [-0.3, -0.25) is 0 Å². The third-order valence-electron chi connectivity index (χ3n) is 4.11. The Hall–Kier alpha value is -1.28. The summed E-state index contributed by atoms with van der Waals surface area (Å²) >= 11 is 0. The van der Waals surface area contributed by atoms with Gasteiger partial charge in [-0.05, 0) is 25.0 Å². The van der Waals surface area contributed by atoms with Crippen molar-refractivity contribution in [2.24, 2.45) is 7.05 Å². The first-order chi connectivity index (χ1) is 9.72. The molecule has 0 radical (unpaired) electrons. The highest BCUT2D eigenvalue weighted by Gasteiger charge is 2.07. The summed E-state index contributed by atoms with van der Waals surface area (Å²) in [6, 6.07) is 9.24. The summed E-state index contributed by atoms with van der Waals surface area (Å²) in [7, 11) is 2.13. The summed E-state index contributed by atoms with van der Waals surface area (Å²) in [5, 5.41) is 5.04. The fourth-order valence-electron chi connectivity index (χ4n) is 2.83. The Bertz CT molecular complexity index is 527. The minimum atomic E-state index is 0.603. The minimum absolute atomic E-state index is 0.603. The smallest absolute Gasteiger partial charge is 0.0481 e. The van der Waals surface area contributed by atoms with Crippen LogP contribution < -0.4 is 5.32 Å². The Morgan fingerprint density at radius 1 is 1.15 bits per heavy atom. The number of rotatable bonds is 8. The predicted octanol–water partition coefficient (Wildman–Crippen LogP) is 4.63. The van der Waals surface area contributed by atoms with Gasteiger partial charge in [-0.25, -0.2) is 0 Å². The second-order valence-electron chi connectivity index (χ2n) is 5.91. The van der Waals surface area contributed by atoms with Crippen molar-refractivity contribution in [2.75, 3.05) is 0 Å². The van der Waals surface area contributed by atoms with E-state index in [1.807, 2.05) is 0 Å². The molecule has 0 aliphatic heterocycles. The van der Waals surface area contributed by atoms with Crippen molar-refractivity contribution in [3.8, 4) is 0 Å². The van der Waals surface area contributed by atoms with Gasteiger partial charge in [0.2, 0.25) is 0 Å². The van der Waals surface area contributed by atoms with E-state index >= 15 is 0 Å². The molecule has 0 spiro atoms. The van der Waals surface area contributed by atoms with Crippen LogP contribution in [-0.4, -0.2) is 10.6 Å². The number of nitrogens with one attached hydrogen (secondary N) is 1. The molecule has 1 N–H and O–H groups in total. The fraction of sp³-hybridized carbons (Fsp3) is 0.556. The Kier molecular flexibility index (Phi) is 5.66. The zero-order valence-corrected chi connectivity index (χ0v) is 13.2. The normalized spacial score (nSPS) is 12.9. The number of hydrogen-bond acceptors (Lipinski definition) is 1. The van der Waals surface area contributed by atoms with Crippen molar-refractivity contribution in [3.05, 3.63) is 36.0 Å². The summed E-state index contributed by atoms with van der Waals surface area (Å²) in [6.07, 6.45) is 8.94. The molecule has 0 saturated carbocycles. The highest BCUT2D eigenvalue weighted by atomic mass is 14.9. The minimum Gasteiger partial charge on any atom is -0.350 e. The van der Waals surface area contributed by atoms with Gasteiger partial charge < -0.3 is 9.88 Å². The molecule has 0 aliphatic rings. The molecule has 20 heavy (non-hydrogen) atoms. The second kappa shape index (κ2) is 7.49. The third-order valence-corrected chi connectivity index (χ3v) is 4.11. The number of aryl methyl sites for hydroxylation is 1. The number of hydrogen-bond donors (Lipinski definition) is 1. The van der Waals surface area contributed by atoms with Crippen LogP contribution in [0.5, 0.6) is 0 Å². The largest absolute Gasteiger partial charge is 0.350 e. The van der Waals surface area contributed by atoms with Crippen molar-refractivity contribution >= 4 is 10.9 Å². The van der Waals surface area contributed by atoms with E-state index in [1.54, 1.807) is 0 Å². The molecule has 2 rings (SSSR count). The van der Waals surface area contributed by atoms with Crippen LogP contribution in [-0.2, 0) is 13.6 Å². The monoisotopic (exact) mass is 272 g/mol. The van der Waals surface area contributed by atoms with Gasteiger partial charge in [0.1, 0.15) is 0 Å². The Morgan fingerprint density at radius 2 is 1.95 bits per heavy atom. The van der Waals surface area contributed by atoms with Crippen molar-refractivity contribution in [3.63, 3.8) is 0 Å². The maximum absolute atomic E-state index is 3.67. The molecule has 0 bridgehead atoms. The molecule has 1 aromatic heterocycles. The third kappa shape index (κ3) is 3.86. The topological polar surface area (TPSA) is 17.0 Å². The highest BCUT2D eigenvalue weighted by Crippen LogP contribution is 2.20. The van der Waals surface area contributed by atoms with E-state index in [-0.39, 0.29) is 0 Å². The van der Waals surface area contributed by atoms with E-state index in [1.165, 1.54) is 48.6 Å². The summed E-state index contributed by atoms with van der Waals surface area (Å²) in [5.74, 6) is 0. The SMILES string of the molecule is CCCCCCC(C)NCc1cn(C)c2ccccc12. The average molecular weight is 272 g/mol. The first-order valence-corrected chi connectivity index (χ1v) is 7.98. The van der Waals surface area contributed by atoms with E-state index < -0.39 is 0 Å². The number of fused-ring (bicyclic) bond motifs is 1. The van der Waals surface area contributed by atoms with Crippen LogP contribution in [0, 0.1) is 0 Å². The number of aromatic nitrogens is 1. The molecule has 2 aromatic rings. The number of para-hydroxylation sites is 1. The zero-order valence-electron chi connectivity index (χ0n) is 13.2. The predicted molar refractivity (Wildman–Crippen MR) is 88.0 cm³/mol. The van der Waals surface area contributed by atoms with Crippen LogP contribution in [0.3, 0.4) is 0 Å². The quantitative estimate of drug-likeness (QED) is 0.693.